The Labute approximate surface area is 133 Å². The average Bonchev–Trinajstić information content (AvgIpc) is 2.95. The van der Waals surface area contributed by atoms with E-state index in [1.54, 1.807) is 0 Å². The molecule has 1 heterocycles. The van der Waals surface area contributed by atoms with Crippen LogP contribution in [0.5, 0.6) is 0 Å². The Balaban J connectivity index is 2.10. The highest BCUT2D eigenvalue weighted by Crippen LogP contribution is 2.62. The minimum absolute atomic E-state index is 0.0501. The topological polar surface area (TPSA) is 61.8 Å². The highest BCUT2D eigenvalue weighted by Gasteiger charge is 2.78. The monoisotopic (exact) mass is 330 g/mol. The van der Waals surface area contributed by atoms with E-state index < -0.39 is 41.3 Å². The van der Waals surface area contributed by atoms with Crippen LogP contribution in [0.15, 0.2) is 12.2 Å². The van der Waals surface area contributed by atoms with Crippen LogP contribution in [0.3, 0.4) is 0 Å². The summed E-state index contributed by atoms with van der Waals surface area (Å²) in [6.07, 6.45) is 3.88. The summed E-state index contributed by atoms with van der Waals surface area (Å²) in [4.78, 5) is 22.8. The summed E-state index contributed by atoms with van der Waals surface area (Å²) in [5, 5.41) is 0. The molecule has 0 aromatic heterocycles. The Bertz CT molecular complexity index is 589. The van der Waals surface area contributed by atoms with Crippen molar-refractivity contribution in [3.63, 3.8) is 0 Å². The van der Waals surface area contributed by atoms with Gasteiger partial charge < -0.3 is 14.2 Å². The van der Waals surface area contributed by atoms with Crippen LogP contribution in [-0.2, 0) is 23.8 Å². The van der Waals surface area contributed by atoms with E-state index in [1.165, 1.54) is 6.92 Å². The molecule has 1 aliphatic heterocycles. The van der Waals surface area contributed by atoms with Crippen molar-refractivity contribution in [2.24, 2.45) is 17.8 Å². The van der Waals surface area contributed by atoms with Crippen LogP contribution in [-0.4, -0.2) is 35.4 Å². The fraction of sp³-hybridized carbons (Fsp3) is 0.750. The Morgan fingerprint density at radius 3 is 2.22 bits per heavy atom. The number of carbonyl (C=O) groups excluding carboxylic acids is 2. The summed E-state index contributed by atoms with van der Waals surface area (Å²) < 4.78 is 46.2. The van der Waals surface area contributed by atoms with Gasteiger partial charge in [-0.1, -0.05) is 12.2 Å². The molecule has 128 valence electrons. The molecule has 0 spiro atoms. The number of halogens is 2. The first kappa shape index (κ1) is 16.4. The zero-order valence-corrected chi connectivity index (χ0v) is 13.5. The standard InChI is InChI=1S/C16H20F2O5/c1-8(19)21-14(3)12-10-5-6-11(7-10)13(12)23-15(4,16(14,17)18)22-9(2)20/h5-6,10-13H,7H2,1-4H3. The fourth-order valence-electron chi connectivity index (χ4n) is 4.45. The first-order valence-electron chi connectivity index (χ1n) is 7.65. The molecule has 23 heavy (non-hydrogen) atoms. The highest BCUT2D eigenvalue weighted by molar-refractivity contribution is 5.67. The molecule has 0 N–H and O–H groups in total. The zero-order chi connectivity index (χ0) is 17.2. The fourth-order valence-corrected chi connectivity index (χ4v) is 4.45. The van der Waals surface area contributed by atoms with Gasteiger partial charge in [-0.15, -0.1) is 0 Å². The van der Waals surface area contributed by atoms with Crippen LogP contribution in [0.1, 0.15) is 34.1 Å². The summed E-state index contributed by atoms with van der Waals surface area (Å²) in [5.41, 5.74) is -2.11. The largest absolute Gasteiger partial charge is 0.452 e. The van der Waals surface area contributed by atoms with Crippen LogP contribution in [0.2, 0.25) is 0 Å². The lowest BCUT2D eigenvalue weighted by Gasteiger charge is -2.55. The Morgan fingerprint density at radius 1 is 1.09 bits per heavy atom. The minimum atomic E-state index is -3.70. The molecule has 6 unspecified atom stereocenters. The summed E-state index contributed by atoms with van der Waals surface area (Å²) in [6, 6.07) is 0. The normalized spacial score (nSPS) is 46.3. The first-order valence-corrected chi connectivity index (χ1v) is 7.65. The van der Waals surface area contributed by atoms with Gasteiger partial charge in [-0.3, -0.25) is 9.59 Å². The molecule has 5 nitrogen and oxygen atoms in total. The summed E-state index contributed by atoms with van der Waals surface area (Å²) >= 11 is 0. The maximum atomic E-state index is 15.3. The van der Waals surface area contributed by atoms with Gasteiger partial charge in [-0.2, -0.15) is 8.78 Å². The molecule has 0 radical (unpaired) electrons. The number of allylic oxidation sites excluding steroid dienone is 1. The molecule has 1 saturated heterocycles. The lowest BCUT2D eigenvalue weighted by Crippen LogP contribution is -2.73. The van der Waals surface area contributed by atoms with E-state index in [1.807, 2.05) is 12.2 Å². The lowest BCUT2D eigenvalue weighted by molar-refractivity contribution is -0.415. The van der Waals surface area contributed by atoms with Gasteiger partial charge in [0.2, 0.25) is 0 Å². The molecule has 0 amide bonds. The second kappa shape index (κ2) is 4.75. The lowest BCUT2D eigenvalue weighted by atomic mass is 9.69. The van der Waals surface area contributed by atoms with Crippen LogP contribution in [0.4, 0.5) is 8.78 Å². The number of rotatable bonds is 2. The molecule has 0 aromatic rings. The molecule has 7 heteroatoms. The van der Waals surface area contributed by atoms with Crippen LogP contribution < -0.4 is 0 Å². The summed E-state index contributed by atoms with van der Waals surface area (Å²) in [5.74, 6) is -8.74. The summed E-state index contributed by atoms with van der Waals surface area (Å²) in [7, 11) is 0. The van der Waals surface area contributed by atoms with Gasteiger partial charge in [-0.05, 0) is 19.3 Å². The highest BCUT2D eigenvalue weighted by atomic mass is 19.3. The molecule has 2 bridgehead atoms. The number of fused-ring (bicyclic) bond motifs is 5. The number of carbonyl (C=O) groups is 2. The molecular weight excluding hydrogens is 310 g/mol. The Morgan fingerprint density at radius 2 is 1.65 bits per heavy atom. The van der Waals surface area contributed by atoms with E-state index in [0.717, 1.165) is 20.8 Å². The quantitative estimate of drug-likeness (QED) is 0.575. The third-order valence-electron chi connectivity index (χ3n) is 5.27. The predicted octanol–water partition coefficient (Wildman–Crippen LogP) is 2.44. The van der Waals surface area contributed by atoms with Crippen molar-refractivity contribution in [3.05, 3.63) is 12.2 Å². The zero-order valence-electron chi connectivity index (χ0n) is 13.5. The van der Waals surface area contributed by atoms with Gasteiger partial charge in [0.05, 0.1) is 6.10 Å². The van der Waals surface area contributed by atoms with Crippen molar-refractivity contribution in [2.75, 3.05) is 0 Å². The van der Waals surface area contributed by atoms with E-state index in [-0.39, 0.29) is 11.8 Å². The third-order valence-corrected chi connectivity index (χ3v) is 5.27. The second-order valence-electron chi connectivity index (χ2n) is 6.87. The number of alkyl halides is 2. The van der Waals surface area contributed by atoms with Crippen molar-refractivity contribution >= 4 is 11.9 Å². The van der Waals surface area contributed by atoms with Crippen LogP contribution in [0, 0.1) is 17.8 Å². The SMILES string of the molecule is CC(=O)OC1(C)OC2C3C=CC(C3)C2C(C)(OC(C)=O)C1(F)F. The number of ether oxygens (including phenoxy) is 3. The average molecular weight is 330 g/mol. The molecule has 0 aromatic carbocycles. The van der Waals surface area contributed by atoms with Gasteiger partial charge >= 0.3 is 17.9 Å². The van der Waals surface area contributed by atoms with Gasteiger partial charge in [0.1, 0.15) is 0 Å². The number of hydrogen-bond donors (Lipinski definition) is 0. The third kappa shape index (κ3) is 2.05. The van der Waals surface area contributed by atoms with Gasteiger partial charge in [0.15, 0.2) is 5.60 Å². The number of hydrogen-bond acceptors (Lipinski definition) is 5. The molecule has 3 rings (SSSR count). The molecular formula is C16H20F2O5. The van der Waals surface area contributed by atoms with Crippen LogP contribution >= 0.6 is 0 Å². The van der Waals surface area contributed by atoms with Crippen molar-refractivity contribution < 1.29 is 32.6 Å². The van der Waals surface area contributed by atoms with Gasteiger partial charge in [0.25, 0.3) is 5.79 Å². The summed E-state index contributed by atoms with van der Waals surface area (Å²) in [6.45, 7) is 4.38. The van der Waals surface area contributed by atoms with E-state index >= 15 is 8.78 Å². The molecule has 2 aliphatic carbocycles. The van der Waals surface area contributed by atoms with E-state index in [2.05, 4.69) is 0 Å². The molecule has 1 saturated carbocycles. The van der Waals surface area contributed by atoms with Crippen molar-refractivity contribution in [3.8, 4) is 0 Å². The van der Waals surface area contributed by atoms with Gasteiger partial charge in [0, 0.05) is 32.6 Å². The first-order chi connectivity index (χ1) is 10.5. The number of esters is 2. The maximum absolute atomic E-state index is 15.3. The molecule has 2 fully saturated rings. The molecule has 6 atom stereocenters. The van der Waals surface area contributed by atoms with Gasteiger partial charge in [-0.25, -0.2) is 0 Å². The molecule has 3 aliphatic rings. The van der Waals surface area contributed by atoms with E-state index in [0.29, 0.717) is 6.42 Å². The van der Waals surface area contributed by atoms with Crippen molar-refractivity contribution in [2.45, 2.75) is 57.5 Å². The smallest absolute Gasteiger partial charge is 0.350 e. The second-order valence-corrected chi connectivity index (χ2v) is 6.87. The van der Waals surface area contributed by atoms with Crippen molar-refractivity contribution in [1.82, 2.24) is 0 Å². The Kier molecular flexibility index (Phi) is 3.38. The van der Waals surface area contributed by atoms with Crippen LogP contribution in [0.25, 0.3) is 0 Å². The van der Waals surface area contributed by atoms with E-state index in [9.17, 15) is 9.59 Å². The Hall–Kier alpha value is -1.50. The van der Waals surface area contributed by atoms with Crippen molar-refractivity contribution in [1.29, 1.82) is 0 Å². The maximum Gasteiger partial charge on any atom is 0.350 e. The predicted molar refractivity (Wildman–Crippen MR) is 74.4 cm³/mol. The minimum Gasteiger partial charge on any atom is -0.452 e. The van der Waals surface area contributed by atoms with E-state index in [4.69, 9.17) is 14.2 Å².